The maximum Gasteiger partial charge on any atom is 0.00673 e. The molecule has 0 aromatic carbocycles. The molecule has 0 spiro atoms. The first-order valence-electron chi connectivity index (χ1n) is 7.11. The molecule has 0 radical (unpaired) electrons. The summed E-state index contributed by atoms with van der Waals surface area (Å²) in [6.07, 6.45) is 9.58. The van der Waals surface area contributed by atoms with Gasteiger partial charge in [0, 0.05) is 6.04 Å². The Morgan fingerprint density at radius 2 is 2.00 bits per heavy atom. The molecule has 3 unspecified atom stereocenters. The summed E-state index contributed by atoms with van der Waals surface area (Å²) in [6, 6.07) is 0.500. The highest BCUT2D eigenvalue weighted by atomic mass is 32.2. The second-order valence-electron chi connectivity index (χ2n) is 5.23. The van der Waals surface area contributed by atoms with Gasteiger partial charge in [-0.1, -0.05) is 26.7 Å². The van der Waals surface area contributed by atoms with Crippen LogP contribution in [0.25, 0.3) is 0 Å². The predicted molar refractivity (Wildman–Crippen MR) is 75.9 cm³/mol. The second kappa shape index (κ2) is 8.41. The first-order chi connectivity index (χ1) is 7.77. The molecule has 2 N–H and O–H groups in total. The third-order valence-electron chi connectivity index (χ3n) is 3.91. The number of thioether (sulfide) groups is 1. The fraction of sp³-hybridized carbons (Fsp3) is 1.00. The van der Waals surface area contributed by atoms with Crippen LogP contribution in [0.15, 0.2) is 0 Å². The van der Waals surface area contributed by atoms with Crippen molar-refractivity contribution in [3.8, 4) is 0 Å². The van der Waals surface area contributed by atoms with Crippen LogP contribution in [-0.4, -0.2) is 17.5 Å². The van der Waals surface area contributed by atoms with E-state index in [2.05, 4.69) is 25.6 Å². The average molecular weight is 243 g/mol. The van der Waals surface area contributed by atoms with Gasteiger partial charge >= 0.3 is 0 Å². The topological polar surface area (TPSA) is 26.0 Å². The highest BCUT2D eigenvalue weighted by Gasteiger charge is 2.26. The van der Waals surface area contributed by atoms with Gasteiger partial charge in [0.25, 0.3) is 0 Å². The van der Waals surface area contributed by atoms with Crippen molar-refractivity contribution in [2.45, 2.75) is 64.8 Å². The quantitative estimate of drug-likeness (QED) is 0.682. The molecule has 1 nitrogen and oxygen atoms in total. The molecule has 0 bridgehead atoms. The largest absolute Gasteiger partial charge is 0.327 e. The summed E-state index contributed by atoms with van der Waals surface area (Å²) in [5.41, 5.74) is 6.25. The number of hydrogen-bond acceptors (Lipinski definition) is 2. The first kappa shape index (κ1) is 14.4. The summed E-state index contributed by atoms with van der Waals surface area (Å²) in [7, 11) is 0. The molecule has 0 aromatic rings. The summed E-state index contributed by atoms with van der Waals surface area (Å²) in [4.78, 5) is 0. The Kier molecular flexibility index (Phi) is 7.55. The van der Waals surface area contributed by atoms with E-state index in [9.17, 15) is 0 Å². The van der Waals surface area contributed by atoms with Crippen molar-refractivity contribution >= 4 is 11.8 Å². The van der Waals surface area contributed by atoms with Crippen LogP contribution in [-0.2, 0) is 0 Å². The molecule has 0 saturated heterocycles. The van der Waals surface area contributed by atoms with Gasteiger partial charge in [0.15, 0.2) is 0 Å². The smallest absolute Gasteiger partial charge is 0.00673 e. The highest BCUT2D eigenvalue weighted by Crippen LogP contribution is 2.33. The van der Waals surface area contributed by atoms with E-state index in [1.807, 2.05) is 0 Å². The third-order valence-corrected chi connectivity index (χ3v) is 4.90. The molecule has 3 atom stereocenters. The zero-order chi connectivity index (χ0) is 11.8. The van der Waals surface area contributed by atoms with Crippen molar-refractivity contribution in [1.29, 1.82) is 0 Å². The molecule has 2 heteroatoms. The Labute approximate surface area is 106 Å². The van der Waals surface area contributed by atoms with Crippen LogP contribution in [0.4, 0.5) is 0 Å². The third kappa shape index (κ3) is 5.09. The van der Waals surface area contributed by atoms with Gasteiger partial charge in [-0.15, -0.1) is 0 Å². The minimum absolute atomic E-state index is 0.500. The van der Waals surface area contributed by atoms with E-state index in [1.54, 1.807) is 0 Å². The van der Waals surface area contributed by atoms with Crippen molar-refractivity contribution in [2.75, 3.05) is 11.5 Å². The minimum atomic E-state index is 0.500. The van der Waals surface area contributed by atoms with Crippen LogP contribution in [0.3, 0.4) is 0 Å². The van der Waals surface area contributed by atoms with Crippen molar-refractivity contribution in [1.82, 2.24) is 0 Å². The molecule has 1 aliphatic carbocycles. The van der Waals surface area contributed by atoms with E-state index >= 15 is 0 Å². The highest BCUT2D eigenvalue weighted by molar-refractivity contribution is 7.99. The molecule has 0 aromatic heterocycles. The van der Waals surface area contributed by atoms with Gasteiger partial charge in [-0.3, -0.25) is 0 Å². The summed E-state index contributed by atoms with van der Waals surface area (Å²) in [5.74, 6) is 4.39. The first-order valence-corrected chi connectivity index (χ1v) is 8.26. The monoisotopic (exact) mass is 243 g/mol. The molecule has 0 aliphatic heterocycles. The fourth-order valence-electron chi connectivity index (χ4n) is 2.98. The molecule has 1 aliphatic rings. The van der Waals surface area contributed by atoms with Gasteiger partial charge in [0.2, 0.25) is 0 Å². The fourth-order valence-corrected chi connectivity index (χ4v) is 3.64. The molecule has 1 fully saturated rings. The maximum absolute atomic E-state index is 6.25. The van der Waals surface area contributed by atoms with Crippen LogP contribution < -0.4 is 5.73 Å². The van der Waals surface area contributed by atoms with Crippen molar-refractivity contribution in [2.24, 2.45) is 17.6 Å². The standard InChI is InChI=1S/C14H29NS/c1-3-6-12-8-9-14(15)13(11-12)7-5-10-16-4-2/h12-14H,3-11,15H2,1-2H3. The summed E-state index contributed by atoms with van der Waals surface area (Å²) < 4.78 is 0. The Bertz CT molecular complexity index is 172. The van der Waals surface area contributed by atoms with Crippen LogP contribution >= 0.6 is 11.8 Å². The molecule has 1 saturated carbocycles. The Morgan fingerprint density at radius 3 is 2.69 bits per heavy atom. The summed E-state index contributed by atoms with van der Waals surface area (Å²) >= 11 is 2.07. The van der Waals surface area contributed by atoms with Crippen molar-refractivity contribution in [3.05, 3.63) is 0 Å². The lowest BCUT2D eigenvalue weighted by molar-refractivity contribution is 0.212. The Hall–Kier alpha value is 0.310. The second-order valence-corrected chi connectivity index (χ2v) is 6.62. The number of rotatable bonds is 7. The van der Waals surface area contributed by atoms with E-state index in [0.29, 0.717) is 6.04 Å². The van der Waals surface area contributed by atoms with Gasteiger partial charge in [0.1, 0.15) is 0 Å². The predicted octanol–water partition coefficient (Wildman–Crippen LogP) is 4.06. The zero-order valence-corrected chi connectivity index (χ0v) is 11.9. The normalized spacial score (nSPS) is 30.6. The van der Waals surface area contributed by atoms with E-state index < -0.39 is 0 Å². The lowest BCUT2D eigenvalue weighted by atomic mass is 9.75. The van der Waals surface area contributed by atoms with Crippen LogP contribution in [0, 0.1) is 11.8 Å². The van der Waals surface area contributed by atoms with Crippen LogP contribution in [0.1, 0.15) is 58.8 Å². The maximum atomic E-state index is 6.25. The van der Waals surface area contributed by atoms with E-state index in [-0.39, 0.29) is 0 Å². The van der Waals surface area contributed by atoms with E-state index in [4.69, 9.17) is 5.73 Å². The molecule has 0 heterocycles. The molecule has 1 rings (SSSR count). The average Bonchev–Trinajstić information content (AvgIpc) is 2.29. The Balaban J connectivity index is 2.21. The lowest BCUT2D eigenvalue weighted by Gasteiger charge is -2.34. The Morgan fingerprint density at radius 1 is 1.19 bits per heavy atom. The van der Waals surface area contributed by atoms with E-state index in [1.165, 1.54) is 56.5 Å². The lowest BCUT2D eigenvalue weighted by Crippen LogP contribution is -2.36. The molecule has 16 heavy (non-hydrogen) atoms. The minimum Gasteiger partial charge on any atom is -0.327 e. The van der Waals surface area contributed by atoms with E-state index in [0.717, 1.165) is 11.8 Å². The zero-order valence-electron chi connectivity index (χ0n) is 11.1. The van der Waals surface area contributed by atoms with Gasteiger partial charge in [-0.05, 0) is 55.4 Å². The SMILES string of the molecule is CCCC1CCC(N)C(CCCSCC)C1. The molecular formula is C14H29NS. The molecular weight excluding hydrogens is 214 g/mol. The van der Waals surface area contributed by atoms with Gasteiger partial charge in [-0.2, -0.15) is 11.8 Å². The molecule has 96 valence electrons. The summed E-state index contributed by atoms with van der Waals surface area (Å²) in [6.45, 7) is 4.55. The van der Waals surface area contributed by atoms with Crippen molar-refractivity contribution in [3.63, 3.8) is 0 Å². The number of hydrogen-bond donors (Lipinski definition) is 1. The van der Waals surface area contributed by atoms with Gasteiger partial charge < -0.3 is 5.73 Å². The van der Waals surface area contributed by atoms with Gasteiger partial charge in [0.05, 0.1) is 0 Å². The van der Waals surface area contributed by atoms with Crippen LogP contribution in [0.2, 0.25) is 0 Å². The summed E-state index contributed by atoms with van der Waals surface area (Å²) in [5, 5.41) is 0. The number of nitrogens with two attached hydrogens (primary N) is 1. The van der Waals surface area contributed by atoms with Gasteiger partial charge in [-0.25, -0.2) is 0 Å². The molecule has 0 amide bonds. The van der Waals surface area contributed by atoms with Crippen LogP contribution in [0.5, 0.6) is 0 Å². The van der Waals surface area contributed by atoms with Crippen molar-refractivity contribution < 1.29 is 0 Å².